The second-order valence-corrected chi connectivity index (χ2v) is 11.3. The van der Waals surface area contributed by atoms with Crippen LogP contribution in [0.3, 0.4) is 0 Å². The number of benzene rings is 1. The van der Waals surface area contributed by atoms with E-state index in [0.717, 1.165) is 18.4 Å². The number of fused-ring (bicyclic) bond motifs is 1. The molecule has 3 rings (SSSR count). The Morgan fingerprint density at radius 1 is 1.07 bits per heavy atom. The van der Waals surface area contributed by atoms with Crippen LogP contribution in [0.1, 0.15) is 75.4 Å². The van der Waals surface area contributed by atoms with Gasteiger partial charge in [0.1, 0.15) is 11.9 Å². The fourth-order valence-electron chi connectivity index (χ4n) is 4.42. The van der Waals surface area contributed by atoms with Crippen LogP contribution in [0.4, 0.5) is 11.8 Å². The first-order chi connectivity index (χ1) is 19.9. The molecule has 1 aliphatic heterocycles. The number of ether oxygens (including phenoxy) is 2. The number of nitrogens with one attached hydrogen (secondary N) is 4. The number of H-pyrrole nitrogens is 1. The summed E-state index contributed by atoms with van der Waals surface area (Å²) < 4.78 is 9.96. The number of aromatic amines is 1. The van der Waals surface area contributed by atoms with E-state index in [9.17, 15) is 24.0 Å². The molecule has 2 atom stereocenters. The van der Waals surface area contributed by atoms with Gasteiger partial charge in [0.15, 0.2) is 0 Å². The monoisotopic (exact) mass is 583 g/mol. The predicted octanol–water partition coefficient (Wildman–Crippen LogP) is 2.98. The lowest BCUT2D eigenvalue weighted by Gasteiger charge is -2.25. The lowest BCUT2D eigenvalue weighted by atomic mass is 9.91. The maximum atomic E-state index is 12.8. The Morgan fingerprint density at radius 2 is 1.76 bits per heavy atom. The van der Waals surface area contributed by atoms with Crippen molar-refractivity contribution in [2.24, 2.45) is 11.3 Å². The third-order valence-electron chi connectivity index (χ3n) is 6.86. The van der Waals surface area contributed by atoms with E-state index in [-0.39, 0.29) is 49.4 Å². The van der Waals surface area contributed by atoms with Gasteiger partial charge in [0, 0.05) is 23.9 Å². The van der Waals surface area contributed by atoms with Gasteiger partial charge in [0.05, 0.1) is 18.8 Å². The molecule has 0 radical (unpaired) electrons. The molecule has 0 bridgehead atoms. The van der Waals surface area contributed by atoms with Crippen molar-refractivity contribution >= 4 is 35.5 Å². The maximum Gasteiger partial charge on any atom is 0.328 e. The van der Waals surface area contributed by atoms with Gasteiger partial charge < -0.3 is 20.1 Å². The van der Waals surface area contributed by atoms with Gasteiger partial charge in [-0.1, -0.05) is 32.9 Å². The van der Waals surface area contributed by atoms with Crippen molar-refractivity contribution in [1.29, 1.82) is 0 Å². The minimum atomic E-state index is -0.966. The summed E-state index contributed by atoms with van der Waals surface area (Å²) in [7, 11) is 0. The molecular weight excluding hydrogens is 542 g/mol. The summed E-state index contributed by atoms with van der Waals surface area (Å²) in [6, 6.07) is 6.13. The standard InChI is InChI=1S/C30H41N5O7/c1-6-41-23(36)15-14-22(27(39)42-7-2)32-25(37)20-12-10-18(11-13-20)8-9-19-16-21-24(31-17-19)33-29(34-26(21)38)35-28(40)30(3,4)5/h10-13,19,22H,6-9,14-17H2,1-5H3,(H,32,37)(H3,31,33,34,35,38,40)/t19?,22-/m1/s1. The number of carbonyl (C=O) groups is 4. The van der Waals surface area contributed by atoms with Gasteiger partial charge in [-0.3, -0.25) is 29.5 Å². The Hall–Kier alpha value is -4.22. The molecule has 42 heavy (non-hydrogen) atoms. The van der Waals surface area contributed by atoms with Crippen LogP contribution >= 0.6 is 0 Å². The summed E-state index contributed by atoms with van der Waals surface area (Å²) in [5.41, 5.74) is 1.07. The van der Waals surface area contributed by atoms with Gasteiger partial charge in [-0.25, -0.2) is 4.79 Å². The zero-order valence-electron chi connectivity index (χ0n) is 24.9. The number of hydrogen-bond acceptors (Lipinski definition) is 9. The van der Waals surface area contributed by atoms with Crippen LogP contribution in [0.2, 0.25) is 0 Å². The average molecular weight is 584 g/mol. The molecule has 4 N–H and O–H groups in total. The van der Waals surface area contributed by atoms with Crippen LogP contribution in [0.25, 0.3) is 0 Å². The van der Waals surface area contributed by atoms with E-state index in [1.54, 1.807) is 46.8 Å². The third kappa shape index (κ3) is 9.15. The summed E-state index contributed by atoms with van der Waals surface area (Å²) >= 11 is 0. The fourth-order valence-corrected chi connectivity index (χ4v) is 4.42. The Kier molecular flexibility index (Phi) is 11.2. The molecule has 0 spiro atoms. The van der Waals surface area contributed by atoms with E-state index in [0.29, 0.717) is 29.9 Å². The van der Waals surface area contributed by atoms with Crippen LogP contribution in [0.5, 0.6) is 0 Å². The Labute approximate surface area is 245 Å². The zero-order valence-corrected chi connectivity index (χ0v) is 24.9. The van der Waals surface area contributed by atoms with Crippen molar-refractivity contribution < 1.29 is 28.7 Å². The average Bonchev–Trinajstić information content (AvgIpc) is 2.94. The van der Waals surface area contributed by atoms with Gasteiger partial charge >= 0.3 is 11.9 Å². The van der Waals surface area contributed by atoms with Gasteiger partial charge in [0.2, 0.25) is 11.9 Å². The first kappa shape index (κ1) is 32.3. The van der Waals surface area contributed by atoms with Crippen molar-refractivity contribution in [3.05, 3.63) is 51.3 Å². The molecule has 1 aliphatic rings. The fraction of sp³-hybridized carbons (Fsp3) is 0.533. The number of rotatable bonds is 12. The molecule has 2 aromatic rings. The topological polar surface area (TPSA) is 169 Å². The molecule has 1 aromatic carbocycles. The normalized spacial score (nSPS) is 15.0. The Balaban J connectivity index is 1.55. The van der Waals surface area contributed by atoms with Crippen molar-refractivity contribution in [3.8, 4) is 0 Å². The summed E-state index contributed by atoms with van der Waals surface area (Å²) in [5, 5.41) is 8.55. The molecule has 12 heteroatoms. The van der Waals surface area contributed by atoms with Crippen molar-refractivity contribution in [2.75, 3.05) is 30.4 Å². The van der Waals surface area contributed by atoms with Crippen LogP contribution in [-0.2, 0) is 36.7 Å². The van der Waals surface area contributed by atoms with E-state index in [4.69, 9.17) is 9.47 Å². The number of esters is 2. The summed E-state index contributed by atoms with van der Waals surface area (Å²) in [5.74, 6) is -0.925. The van der Waals surface area contributed by atoms with E-state index < -0.39 is 29.3 Å². The van der Waals surface area contributed by atoms with Crippen molar-refractivity contribution in [3.63, 3.8) is 0 Å². The number of aromatic nitrogens is 2. The molecule has 0 saturated carbocycles. The predicted molar refractivity (Wildman–Crippen MR) is 157 cm³/mol. The van der Waals surface area contributed by atoms with Crippen molar-refractivity contribution in [1.82, 2.24) is 15.3 Å². The molecule has 228 valence electrons. The Bertz CT molecular complexity index is 1330. The number of anilines is 2. The summed E-state index contributed by atoms with van der Waals surface area (Å²) in [4.78, 5) is 68.9. The van der Waals surface area contributed by atoms with Crippen LogP contribution in [0, 0.1) is 11.3 Å². The lowest BCUT2D eigenvalue weighted by molar-refractivity contribution is -0.146. The summed E-state index contributed by atoms with van der Waals surface area (Å²) in [6.45, 7) is 9.74. The first-order valence-corrected chi connectivity index (χ1v) is 14.3. The molecule has 1 unspecified atom stereocenters. The van der Waals surface area contributed by atoms with Crippen molar-refractivity contribution in [2.45, 2.75) is 72.8 Å². The smallest absolute Gasteiger partial charge is 0.328 e. The molecule has 0 aliphatic carbocycles. The molecule has 2 amide bonds. The number of hydrogen-bond donors (Lipinski definition) is 4. The van der Waals surface area contributed by atoms with E-state index >= 15 is 0 Å². The number of amides is 2. The van der Waals surface area contributed by atoms with Crippen LogP contribution in [-0.4, -0.2) is 59.5 Å². The SMILES string of the molecule is CCOC(=O)CC[C@@H](NC(=O)c1ccc(CCC2CNc3nc(NC(=O)C(C)(C)C)[nH]c(=O)c3C2)cc1)C(=O)OCC. The second kappa shape index (κ2) is 14.6. The molecule has 2 heterocycles. The highest BCUT2D eigenvalue weighted by molar-refractivity contribution is 5.97. The third-order valence-corrected chi connectivity index (χ3v) is 6.86. The van der Waals surface area contributed by atoms with Crippen LogP contribution < -0.4 is 21.5 Å². The zero-order chi connectivity index (χ0) is 30.9. The largest absolute Gasteiger partial charge is 0.466 e. The van der Waals surface area contributed by atoms with Gasteiger partial charge in [0.25, 0.3) is 11.5 Å². The number of aryl methyl sites for hydroxylation is 1. The Morgan fingerprint density at radius 3 is 2.40 bits per heavy atom. The lowest BCUT2D eigenvalue weighted by Crippen LogP contribution is -2.42. The molecular formula is C30H41N5O7. The highest BCUT2D eigenvalue weighted by Crippen LogP contribution is 2.24. The first-order valence-electron chi connectivity index (χ1n) is 14.3. The van der Waals surface area contributed by atoms with E-state index in [1.165, 1.54) is 0 Å². The van der Waals surface area contributed by atoms with Gasteiger partial charge in [-0.2, -0.15) is 4.98 Å². The number of carbonyl (C=O) groups excluding carboxylic acids is 4. The van der Waals surface area contributed by atoms with Gasteiger partial charge in [-0.05, 0) is 63.1 Å². The number of nitrogens with zero attached hydrogens (tertiary/aromatic N) is 1. The van der Waals surface area contributed by atoms with E-state index in [2.05, 4.69) is 25.9 Å². The molecule has 12 nitrogen and oxygen atoms in total. The highest BCUT2D eigenvalue weighted by Gasteiger charge is 2.26. The molecule has 0 saturated heterocycles. The highest BCUT2D eigenvalue weighted by atomic mass is 16.5. The quantitative estimate of drug-likeness (QED) is 0.275. The molecule has 1 aromatic heterocycles. The minimum Gasteiger partial charge on any atom is -0.466 e. The van der Waals surface area contributed by atoms with Crippen LogP contribution in [0.15, 0.2) is 29.1 Å². The second-order valence-electron chi connectivity index (χ2n) is 11.3. The van der Waals surface area contributed by atoms with E-state index in [1.807, 2.05) is 12.1 Å². The molecule has 0 fully saturated rings. The minimum absolute atomic E-state index is 0.0199. The maximum absolute atomic E-state index is 12.8. The van der Waals surface area contributed by atoms with Gasteiger partial charge in [-0.15, -0.1) is 0 Å². The summed E-state index contributed by atoms with van der Waals surface area (Å²) in [6.07, 6.45) is 2.15.